The lowest BCUT2D eigenvalue weighted by atomic mass is 9.87. The van der Waals surface area contributed by atoms with Gasteiger partial charge in [0.2, 0.25) is 0 Å². The van der Waals surface area contributed by atoms with Gasteiger partial charge in [-0.2, -0.15) is 0 Å². The molecule has 0 heterocycles. The number of rotatable bonds is 7. The Kier molecular flexibility index (Phi) is 6.16. The molecule has 0 aliphatic heterocycles. The molecule has 2 atom stereocenters. The molecule has 0 aromatic heterocycles. The molecule has 2 aromatic rings. The lowest BCUT2D eigenvalue weighted by Gasteiger charge is -2.19. The van der Waals surface area contributed by atoms with E-state index in [1.54, 1.807) is 0 Å². The first-order valence-electron chi connectivity index (χ1n) is 7.54. The molecule has 0 radical (unpaired) electrons. The Morgan fingerprint density at radius 2 is 1.50 bits per heavy atom. The molecule has 0 amide bonds. The van der Waals surface area contributed by atoms with E-state index in [0.717, 1.165) is 17.5 Å². The summed E-state index contributed by atoms with van der Waals surface area (Å²) in [5.74, 6) is -0.475. The van der Waals surface area contributed by atoms with E-state index in [2.05, 4.69) is 0 Å². The minimum atomic E-state index is -0.288. The van der Waals surface area contributed by atoms with Crippen molar-refractivity contribution in [2.24, 2.45) is 0 Å². The standard InChI is InChI=1S/C19H22O3/c1-22-19(21)18(16-10-6-3-7-11-16)13-12-17(14-20)15-8-4-2-5-9-15/h2-11,17-18,20H,12-14H2,1H3. The number of carbonyl (C=O) groups is 1. The van der Waals surface area contributed by atoms with Crippen LogP contribution < -0.4 is 0 Å². The van der Waals surface area contributed by atoms with E-state index >= 15 is 0 Å². The summed E-state index contributed by atoms with van der Waals surface area (Å²) in [6.45, 7) is 0.0761. The normalized spacial score (nSPS) is 13.4. The smallest absolute Gasteiger partial charge is 0.313 e. The molecule has 0 saturated heterocycles. The van der Waals surface area contributed by atoms with Gasteiger partial charge in [0, 0.05) is 12.5 Å². The Balaban J connectivity index is 2.09. The van der Waals surface area contributed by atoms with Crippen LogP contribution in [0.1, 0.15) is 35.8 Å². The van der Waals surface area contributed by atoms with E-state index in [4.69, 9.17) is 4.74 Å². The third-order valence-corrected chi connectivity index (χ3v) is 3.98. The van der Waals surface area contributed by atoms with Crippen LogP contribution in [0.5, 0.6) is 0 Å². The zero-order valence-corrected chi connectivity index (χ0v) is 12.8. The maximum Gasteiger partial charge on any atom is 0.313 e. The van der Waals surface area contributed by atoms with Crippen molar-refractivity contribution in [2.45, 2.75) is 24.7 Å². The fraction of sp³-hybridized carbons (Fsp3) is 0.316. The molecule has 3 heteroatoms. The van der Waals surface area contributed by atoms with E-state index in [9.17, 15) is 9.90 Å². The number of esters is 1. The monoisotopic (exact) mass is 298 g/mol. The molecule has 0 fully saturated rings. The van der Waals surface area contributed by atoms with E-state index in [0.29, 0.717) is 6.42 Å². The highest BCUT2D eigenvalue weighted by molar-refractivity contribution is 5.77. The van der Waals surface area contributed by atoms with Crippen LogP contribution in [0.3, 0.4) is 0 Å². The van der Waals surface area contributed by atoms with Crippen molar-refractivity contribution in [3.8, 4) is 0 Å². The molecule has 0 saturated carbocycles. The summed E-state index contributed by atoms with van der Waals surface area (Å²) >= 11 is 0. The van der Waals surface area contributed by atoms with Gasteiger partial charge in [-0.05, 0) is 24.0 Å². The number of methoxy groups -OCH3 is 1. The van der Waals surface area contributed by atoms with Crippen molar-refractivity contribution in [3.05, 3.63) is 71.8 Å². The van der Waals surface area contributed by atoms with Crippen LogP contribution in [0.4, 0.5) is 0 Å². The van der Waals surface area contributed by atoms with Gasteiger partial charge >= 0.3 is 5.97 Å². The third-order valence-electron chi connectivity index (χ3n) is 3.98. The van der Waals surface area contributed by atoms with Crippen LogP contribution in [0.15, 0.2) is 60.7 Å². The summed E-state index contributed by atoms with van der Waals surface area (Å²) in [5, 5.41) is 9.64. The van der Waals surface area contributed by atoms with Crippen molar-refractivity contribution < 1.29 is 14.6 Å². The second-order valence-electron chi connectivity index (χ2n) is 5.35. The number of aliphatic hydroxyl groups excluding tert-OH is 1. The Labute approximate surface area is 131 Å². The fourth-order valence-electron chi connectivity index (χ4n) is 2.70. The first-order chi connectivity index (χ1) is 10.8. The molecule has 2 rings (SSSR count). The number of aliphatic hydroxyl groups is 1. The van der Waals surface area contributed by atoms with E-state index in [-0.39, 0.29) is 24.4 Å². The van der Waals surface area contributed by atoms with E-state index in [1.165, 1.54) is 7.11 Å². The minimum Gasteiger partial charge on any atom is -0.469 e. The molecule has 1 N–H and O–H groups in total. The molecule has 0 spiro atoms. The van der Waals surface area contributed by atoms with Crippen molar-refractivity contribution in [1.29, 1.82) is 0 Å². The molecule has 116 valence electrons. The Morgan fingerprint density at radius 1 is 0.955 bits per heavy atom. The quantitative estimate of drug-likeness (QED) is 0.796. The van der Waals surface area contributed by atoms with Gasteiger partial charge in [-0.1, -0.05) is 60.7 Å². The van der Waals surface area contributed by atoms with Gasteiger partial charge in [-0.3, -0.25) is 4.79 Å². The highest BCUT2D eigenvalue weighted by Crippen LogP contribution is 2.28. The molecule has 2 aromatic carbocycles. The molecule has 2 unspecified atom stereocenters. The number of hydrogen-bond acceptors (Lipinski definition) is 3. The fourth-order valence-corrected chi connectivity index (χ4v) is 2.70. The van der Waals surface area contributed by atoms with Crippen molar-refractivity contribution >= 4 is 5.97 Å². The summed E-state index contributed by atoms with van der Waals surface area (Å²) < 4.78 is 4.94. The van der Waals surface area contributed by atoms with Crippen molar-refractivity contribution in [1.82, 2.24) is 0 Å². The van der Waals surface area contributed by atoms with Crippen LogP contribution in [0, 0.1) is 0 Å². The zero-order chi connectivity index (χ0) is 15.8. The maximum absolute atomic E-state index is 12.1. The first-order valence-corrected chi connectivity index (χ1v) is 7.54. The van der Waals surface area contributed by atoms with Crippen molar-refractivity contribution in [3.63, 3.8) is 0 Å². The molecular formula is C19H22O3. The zero-order valence-electron chi connectivity index (χ0n) is 12.8. The van der Waals surface area contributed by atoms with Crippen molar-refractivity contribution in [2.75, 3.05) is 13.7 Å². The Hall–Kier alpha value is -2.13. The molecule has 0 aliphatic rings. The van der Waals surface area contributed by atoms with Gasteiger partial charge in [0.25, 0.3) is 0 Å². The van der Waals surface area contributed by atoms with Crippen LogP contribution in [-0.2, 0) is 9.53 Å². The third kappa shape index (κ3) is 4.18. The number of benzene rings is 2. The largest absolute Gasteiger partial charge is 0.469 e. The topological polar surface area (TPSA) is 46.5 Å². The number of hydrogen-bond donors (Lipinski definition) is 1. The van der Waals surface area contributed by atoms with Gasteiger partial charge in [0.1, 0.15) is 0 Å². The molecule has 0 bridgehead atoms. The SMILES string of the molecule is COC(=O)C(CCC(CO)c1ccccc1)c1ccccc1. The van der Waals surface area contributed by atoms with E-state index in [1.807, 2.05) is 60.7 Å². The summed E-state index contributed by atoms with van der Waals surface area (Å²) in [7, 11) is 1.42. The summed E-state index contributed by atoms with van der Waals surface area (Å²) in [6.07, 6.45) is 1.38. The number of ether oxygens (including phenoxy) is 1. The second-order valence-corrected chi connectivity index (χ2v) is 5.35. The molecule has 0 aliphatic carbocycles. The lowest BCUT2D eigenvalue weighted by Crippen LogP contribution is -2.16. The van der Waals surface area contributed by atoms with Crippen LogP contribution in [0.25, 0.3) is 0 Å². The average Bonchev–Trinajstić information content (AvgIpc) is 2.60. The molecule has 3 nitrogen and oxygen atoms in total. The average molecular weight is 298 g/mol. The lowest BCUT2D eigenvalue weighted by molar-refractivity contribution is -0.142. The highest BCUT2D eigenvalue weighted by Gasteiger charge is 2.23. The van der Waals surface area contributed by atoms with Gasteiger partial charge < -0.3 is 9.84 Å². The van der Waals surface area contributed by atoms with Gasteiger partial charge in [0.15, 0.2) is 0 Å². The first kappa shape index (κ1) is 16.2. The van der Waals surface area contributed by atoms with Crippen LogP contribution in [0.2, 0.25) is 0 Å². The van der Waals surface area contributed by atoms with Crippen LogP contribution >= 0.6 is 0 Å². The van der Waals surface area contributed by atoms with E-state index < -0.39 is 0 Å². The van der Waals surface area contributed by atoms with Gasteiger partial charge in [0.05, 0.1) is 13.0 Å². The van der Waals surface area contributed by atoms with Crippen LogP contribution in [-0.4, -0.2) is 24.8 Å². The highest BCUT2D eigenvalue weighted by atomic mass is 16.5. The van der Waals surface area contributed by atoms with Gasteiger partial charge in [-0.25, -0.2) is 0 Å². The summed E-state index contributed by atoms with van der Waals surface area (Å²) in [4.78, 5) is 12.1. The summed E-state index contributed by atoms with van der Waals surface area (Å²) in [5.41, 5.74) is 2.06. The predicted octanol–water partition coefficient (Wildman–Crippen LogP) is 3.50. The maximum atomic E-state index is 12.1. The number of carbonyl (C=O) groups excluding carboxylic acids is 1. The summed E-state index contributed by atoms with van der Waals surface area (Å²) in [6, 6.07) is 19.6. The predicted molar refractivity (Wildman–Crippen MR) is 86.7 cm³/mol. The van der Waals surface area contributed by atoms with Gasteiger partial charge in [-0.15, -0.1) is 0 Å². The Bertz CT molecular complexity index is 566. The molecular weight excluding hydrogens is 276 g/mol. The molecule has 22 heavy (non-hydrogen) atoms. The second kappa shape index (κ2) is 8.35. The Morgan fingerprint density at radius 3 is 2.00 bits per heavy atom. The minimum absolute atomic E-state index is 0.0390.